The number of primary amides is 1. The molecule has 1 aliphatic heterocycles. The minimum atomic E-state index is -0.567. The molecule has 0 spiro atoms. The van der Waals surface area contributed by atoms with E-state index < -0.39 is 5.41 Å². The highest BCUT2D eigenvalue weighted by molar-refractivity contribution is 5.81. The van der Waals surface area contributed by atoms with Crippen molar-refractivity contribution in [2.24, 2.45) is 11.1 Å². The van der Waals surface area contributed by atoms with E-state index in [4.69, 9.17) is 10.3 Å². The Labute approximate surface area is 129 Å². The largest absolute Gasteiger partial charge is 0.369 e. The quantitative estimate of drug-likeness (QED) is 0.905. The zero-order valence-corrected chi connectivity index (χ0v) is 12.8. The maximum atomic E-state index is 11.9. The lowest BCUT2D eigenvalue weighted by Gasteiger charge is -2.33. The number of carbonyl (C=O) groups is 1. The molecule has 1 aromatic carbocycles. The van der Waals surface area contributed by atoms with Crippen molar-refractivity contribution >= 4 is 5.91 Å². The molecule has 1 aliphatic rings. The number of rotatable bonds is 4. The number of benzene rings is 1. The van der Waals surface area contributed by atoms with E-state index in [1.165, 1.54) is 5.56 Å². The van der Waals surface area contributed by atoms with Crippen LogP contribution in [0.1, 0.15) is 24.2 Å². The second-order valence-electron chi connectivity index (χ2n) is 6.15. The summed E-state index contributed by atoms with van der Waals surface area (Å²) in [7, 11) is 0. The van der Waals surface area contributed by atoms with Gasteiger partial charge in [0, 0.05) is 24.6 Å². The Morgan fingerprint density at radius 3 is 2.82 bits per heavy atom. The van der Waals surface area contributed by atoms with Crippen molar-refractivity contribution in [2.45, 2.75) is 26.2 Å². The summed E-state index contributed by atoms with van der Waals surface area (Å²) >= 11 is 0. The minimum absolute atomic E-state index is 0.270. The molecule has 3 rings (SSSR count). The number of piperidine rings is 1. The first kappa shape index (κ1) is 14.8. The number of aromatic nitrogens is 1. The fourth-order valence-electron chi connectivity index (χ4n) is 3.01. The number of aryl methyl sites for hydroxylation is 1. The highest BCUT2D eigenvalue weighted by Gasteiger charge is 2.39. The molecule has 0 unspecified atom stereocenters. The molecule has 1 atom stereocenters. The first-order valence-corrected chi connectivity index (χ1v) is 7.62. The van der Waals surface area contributed by atoms with Crippen LogP contribution >= 0.6 is 0 Å². The number of carbonyl (C=O) groups excluding carboxylic acids is 1. The van der Waals surface area contributed by atoms with E-state index in [9.17, 15) is 4.79 Å². The van der Waals surface area contributed by atoms with Gasteiger partial charge in [0.05, 0.1) is 5.41 Å². The number of nitrogens with one attached hydrogen (secondary N) is 1. The molecular formula is C17H21N3O2. The van der Waals surface area contributed by atoms with Gasteiger partial charge >= 0.3 is 0 Å². The van der Waals surface area contributed by atoms with Gasteiger partial charge in [0.2, 0.25) is 5.91 Å². The van der Waals surface area contributed by atoms with E-state index in [0.717, 1.165) is 30.6 Å². The summed E-state index contributed by atoms with van der Waals surface area (Å²) < 4.78 is 5.44. The Morgan fingerprint density at radius 2 is 2.18 bits per heavy atom. The number of hydrogen-bond donors (Lipinski definition) is 2. The third kappa shape index (κ3) is 2.90. The maximum Gasteiger partial charge on any atom is 0.225 e. The van der Waals surface area contributed by atoms with Crippen LogP contribution in [0.3, 0.4) is 0 Å². The number of hydrogen-bond acceptors (Lipinski definition) is 4. The van der Waals surface area contributed by atoms with Gasteiger partial charge in [0.15, 0.2) is 0 Å². The van der Waals surface area contributed by atoms with Crippen LogP contribution in [0, 0.1) is 12.3 Å². The average molecular weight is 299 g/mol. The van der Waals surface area contributed by atoms with Crippen LogP contribution in [-0.2, 0) is 11.2 Å². The summed E-state index contributed by atoms with van der Waals surface area (Å²) in [5, 5.41) is 7.38. The van der Waals surface area contributed by atoms with E-state index in [2.05, 4.69) is 10.5 Å². The molecule has 1 fully saturated rings. The Bertz CT molecular complexity index is 655. The normalized spacial score (nSPS) is 21.7. The molecule has 1 aromatic heterocycles. The van der Waals surface area contributed by atoms with E-state index in [-0.39, 0.29) is 5.91 Å². The summed E-state index contributed by atoms with van der Waals surface area (Å²) in [6.45, 7) is 3.58. The summed E-state index contributed by atoms with van der Waals surface area (Å²) in [4.78, 5) is 11.9. The van der Waals surface area contributed by atoms with Gasteiger partial charge in [0.1, 0.15) is 11.5 Å². The van der Waals surface area contributed by atoms with Crippen LogP contribution in [0.15, 0.2) is 34.9 Å². The number of nitrogens with zero attached hydrogens (tertiary/aromatic N) is 1. The van der Waals surface area contributed by atoms with Gasteiger partial charge in [0.25, 0.3) is 0 Å². The van der Waals surface area contributed by atoms with Crippen molar-refractivity contribution in [3.63, 3.8) is 0 Å². The second-order valence-corrected chi connectivity index (χ2v) is 6.15. The van der Waals surface area contributed by atoms with Crippen LogP contribution in [0.4, 0.5) is 0 Å². The molecule has 0 aliphatic carbocycles. The predicted molar refractivity (Wildman–Crippen MR) is 84.1 cm³/mol. The zero-order chi connectivity index (χ0) is 15.6. The second kappa shape index (κ2) is 5.93. The molecule has 2 heterocycles. The molecule has 0 radical (unpaired) electrons. The van der Waals surface area contributed by atoms with Gasteiger partial charge in [-0.2, -0.15) is 0 Å². The molecule has 5 nitrogen and oxygen atoms in total. The smallest absolute Gasteiger partial charge is 0.225 e. The predicted octanol–water partition coefficient (Wildman–Crippen LogP) is 2.05. The van der Waals surface area contributed by atoms with Crippen LogP contribution in [0.25, 0.3) is 11.3 Å². The van der Waals surface area contributed by atoms with Crippen molar-refractivity contribution < 1.29 is 9.32 Å². The zero-order valence-electron chi connectivity index (χ0n) is 12.8. The van der Waals surface area contributed by atoms with E-state index in [1.54, 1.807) is 0 Å². The molecule has 0 bridgehead atoms. The highest BCUT2D eigenvalue weighted by Crippen LogP contribution is 2.31. The fourth-order valence-corrected chi connectivity index (χ4v) is 3.01. The number of amides is 1. The summed E-state index contributed by atoms with van der Waals surface area (Å²) in [6.07, 6.45) is 2.23. The first-order valence-electron chi connectivity index (χ1n) is 7.62. The Balaban J connectivity index is 1.81. The Morgan fingerprint density at radius 1 is 1.41 bits per heavy atom. The monoisotopic (exact) mass is 299 g/mol. The molecule has 22 heavy (non-hydrogen) atoms. The van der Waals surface area contributed by atoms with Gasteiger partial charge in [-0.3, -0.25) is 4.79 Å². The molecule has 1 amide bonds. The third-order valence-corrected chi connectivity index (χ3v) is 4.41. The third-order valence-electron chi connectivity index (χ3n) is 4.41. The van der Waals surface area contributed by atoms with Crippen LogP contribution in [0.2, 0.25) is 0 Å². The number of nitrogens with two attached hydrogens (primary N) is 1. The van der Waals surface area contributed by atoms with Gasteiger partial charge < -0.3 is 15.6 Å². The average Bonchev–Trinajstić information content (AvgIpc) is 2.97. The summed E-state index contributed by atoms with van der Waals surface area (Å²) in [5.74, 6) is 0.436. The first-order chi connectivity index (χ1) is 10.6. The van der Waals surface area contributed by atoms with E-state index in [1.807, 2.05) is 37.3 Å². The molecular weight excluding hydrogens is 278 g/mol. The molecule has 3 N–H and O–H groups in total. The Kier molecular flexibility index (Phi) is 3.98. The Hall–Kier alpha value is -2.14. The summed E-state index contributed by atoms with van der Waals surface area (Å²) in [6, 6.07) is 10.0. The lowest BCUT2D eigenvalue weighted by atomic mass is 9.76. The maximum absolute atomic E-state index is 11.9. The van der Waals surface area contributed by atoms with E-state index >= 15 is 0 Å². The lowest BCUT2D eigenvalue weighted by Crippen LogP contribution is -2.50. The SMILES string of the molecule is Cc1ccc(-c2cc(C[C@@]3(C(N)=O)CCCNC3)on2)cc1. The van der Waals surface area contributed by atoms with Crippen molar-refractivity contribution in [3.8, 4) is 11.3 Å². The standard InChI is InChI=1S/C17H21N3O2/c1-12-3-5-13(6-4-12)15-9-14(22-20-15)10-17(16(18)21)7-2-8-19-11-17/h3-6,9,19H,2,7-8,10-11H2,1H3,(H2,18,21)/t17-/m0/s1. The molecule has 5 heteroatoms. The van der Waals surface area contributed by atoms with Gasteiger partial charge in [-0.05, 0) is 26.3 Å². The van der Waals surface area contributed by atoms with Crippen molar-refractivity contribution in [1.29, 1.82) is 0 Å². The molecule has 116 valence electrons. The lowest BCUT2D eigenvalue weighted by molar-refractivity contribution is -0.128. The molecule has 1 saturated heterocycles. The summed E-state index contributed by atoms with van der Waals surface area (Å²) in [5.41, 5.74) is 8.08. The van der Waals surface area contributed by atoms with Gasteiger partial charge in [-0.15, -0.1) is 0 Å². The van der Waals surface area contributed by atoms with Crippen molar-refractivity contribution in [2.75, 3.05) is 13.1 Å². The van der Waals surface area contributed by atoms with Crippen LogP contribution < -0.4 is 11.1 Å². The van der Waals surface area contributed by atoms with Crippen molar-refractivity contribution in [3.05, 3.63) is 41.7 Å². The van der Waals surface area contributed by atoms with Crippen LogP contribution in [-0.4, -0.2) is 24.2 Å². The minimum Gasteiger partial charge on any atom is -0.369 e. The fraction of sp³-hybridized carbons (Fsp3) is 0.412. The molecule has 2 aromatic rings. The van der Waals surface area contributed by atoms with Gasteiger partial charge in [-0.25, -0.2) is 0 Å². The van der Waals surface area contributed by atoms with Crippen molar-refractivity contribution in [1.82, 2.24) is 10.5 Å². The highest BCUT2D eigenvalue weighted by atomic mass is 16.5. The van der Waals surface area contributed by atoms with Crippen LogP contribution in [0.5, 0.6) is 0 Å². The van der Waals surface area contributed by atoms with E-state index in [0.29, 0.717) is 18.7 Å². The topological polar surface area (TPSA) is 81.2 Å². The molecule has 0 saturated carbocycles. The van der Waals surface area contributed by atoms with Gasteiger partial charge in [-0.1, -0.05) is 35.0 Å².